The molecule has 1 aromatic carbocycles. The summed E-state index contributed by atoms with van der Waals surface area (Å²) in [6.07, 6.45) is 5.52. The van der Waals surface area contributed by atoms with E-state index < -0.39 is 6.10 Å². The number of hydrogen-bond donors (Lipinski definition) is 3. The number of aliphatic hydroxyl groups excluding tert-OH is 1. The second-order valence-electron chi connectivity index (χ2n) is 8.77. The zero-order valence-corrected chi connectivity index (χ0v) is 20.9. The number of aromatic nitrogens is 3. The molecule has 0 fully saturated rings. The topological polar surface area (TPSA) is 97.0 Å². The number of thiophene rings is 1. The Bertz CT molecular complexity index is 1300. The van der Waals surface area contributed by atoms with Gasteiger partial charge in [-0.1, -0.05) is 62.4 Å². The number of aliphatic hydroxyl groups is 1. The fraction of sp³-hybridized carbons (Fsp3) is 0.321. The molecule has 3 aromatic heterocycles. The van der Waals surface area contributed by atoms with Gasteiger partial charge in [0.2, 0.25) is 0 Å². The quantitative estimate of drug-likeness (QED) is 0.292. The van der Waals surface area contributed by atoms with Crippen molar-refractivity contribution in [2.75, 3.05) is 11.9 Å². The van der Waals surface area contributed by atoms with Crippen molar-refractivity contribution in [1.29, 1.82) is 0 Å². The predicted molar refractivity (Wildman–Crippen MR) is 144 cm³/mol. The van der Waals surface area contributed by atoms with E-state index in [4.69, 9.17) is 15.7 Å². The van der Waals surface area contributed by atoms with Gasteiger partial charge < -0.3 is 16.2 Å². The number of anilines is 1. The molecule has 4 rings (SSSR count). The van der Waals surface area contributed by atoms with Crippen LogP contribution in [0.4, 0.5) is 5.82 Å². The zero-order valence-electron chi connectivity index (χ0n) is 20.1. The van der Waals surface area contributed by atoms with E-state index in [-0.39, 0.29) is 12.0 Å². The van der Waals surface area contributed by atoms with Crippen LogP contribution in [-0.4, -0.2) is 38.7 Å². The Labute approximate surface area is 210 Å². The molecule has 0 spiro atoms. The second-order valence-corrected chi connectivity index (χ2v) is 9.65. The van der Waals surface area contributed by atoms with Crippen molar-refractivity contribution < 1.29 is 5.11 Å². The van der Waals surface area contributed by atoms with Crippen LogP contribution in [0.5, 0.6) is 0 Å². The van der Waals surface area contributed by atoms with E-state index in [0.29, 0.717) is 12.4 Å². The second kappa shape index (κ2) is 11.9. The highest BCUT2D eigenvalue weighted by Crippen LogP contribution is 2.32. The van der Waals surface area contributed by atoms with Gasteiger partial charge in [-0.2, -0.15) is 0 Å². The molecule has 2 unspecified atom stereocenters. The van der Waals surface area contributed by atoms with Crippen LogP contribution in [0.2, 0.25) is 0 Å². The Kier molecular flexibility index (Phi) is 8.43. The predicted octanol–water partition coefficient (Wildman–Crippen LogP) is 4.88. The van der Waals surface area contributed by atoms with Crippen LogP contribution in [0.3, 0.4) is 0 Å². The van der Waals surface area contributed by atoms with Gasteiger partial charge in [-0.25, -0.2) is 9.97 Å². The third kappa shape index (κ3) is 6.43. The van der Waals surface area contributed by atoms with Gasteiger partial charge in [0, 0.05) is 35.9 Å². The van der Waals surface area contributed by atoms with Crippen molar-refractivity contribution >= 4 is 27.4 Å². The summed E-state index contributed by atoms with van der Waals surface area (Å²) < 4.78 is 0.926. The lowest BCUT2D eigenvalue weighted by Gasteiger charge is -2.14. The number of rotatable bonds is 9. The van der Waals surface area contributed by atoms with Gasteiger partial charge in [-0.15, -0.1) is 11.3 Å². The van der Waals surface area contributed by atoms with E-state index >= 15 is 0 Å². The molecule has 3 heterocycles. The Hall–Kier alpha value is -3.31. The highest BCUT2D eigenvalue weighted by atomic mass is 32.1. The van der Waals surface area contributed by atoms with Crippen LogP contribution < -0.4 is 11.1 Å². The Morgan fingerprint density at radius 1 is 1.11 bits per heavy atom. The number of hydrogen-bond acceptors (Lipinski definition) is 7. The molecule has 0 radical (unpaired) electrons. The van der Waals surface area contributed by atoms with Crippen LogP contribution in [0.1, 0.15) is 37.8 Å². The molecule has 7 heteroatoms. The molecule has 0 saturated heterocycles. The maximum Gasteiger partial charge on any atom is 0.162 e. The normalized spacial score (nSPS) is 13.6. The first-order valence-electron chi connectivity index (χ1n) is 12.0. The molecule has 0 amide bonds. The molecule has 0 saturated carbocycles. The van der Waals surface area contributed by atoms with Crippen LogP contribution in [0, 0.1) is 17.8 Å². The van der Waals surface area contributed by atoms with E-state index in [0.717, 1.165) is 46.4 Å². The van der Waals surface area contributed by atoms with Gasteiger partial charge in [0.05, 0.1) is 10.3 Å². The van der Waals surface area contributed by atoms with Gasteiger partial charge >= 0.3 is 0 Å². The average Bonchev–Trinajstić information content (AvgIpc) is 3.30. The van der Waals surface area contributed by atoms with Gasteiger partial charge in [0.25, 0.3) is 0 Å². The zero-order chi connectivity index (χ0) is 24.6. The molecule has 180 valence electrons. The third-order valence-corrected chi connectivity index (χ3v) is 6.84. The smallest absolute Gasteiger partial charge is 0.162 e. The van der Waals surface area contributed by atoms with E-state index in [2.05, 4.69) is 41.2 Å². The van der Waals surface area contributed by atoms with Crippen LogP contribution in [0.25, 0.3) is 21.6 Å². The SMILES string of the molecule is CCCC(C)C(O)C#Cc1csc2c(NC[C@H](N)Cc3ccccc3)nc(-c3ccncc3)nc12. The summed E-state index contributed by atoms with van der Waals surface area (Å²) in [4.78, 5) is 13.8. The third-order valence-electron chi connectivity index (χ3n) is 5.86. The van der Waals surface area contributed by atoms with Gasteiger partial charge in [0.1, 0.15) is 17.4 Å². The van der Waals surface area contributed by atoms with Crippen molar-refractivity contribution in [1.82, 2.24) is 15.0 Å². The van der Waals surface area contributed by atoms with Crippen LogP contribution in [0.15, 0.2) is 60.2 Å². The minimum absolute atomic E-state index is 0.0683. The number of nitrogens with two attached hydrogens (primary N) is 1. The lowest BCUT2D eigenvalue weighted by molar-refractivity contribution is 0.165. The highest BCUT2D eigenvalue weighted by Gasteiger charge is 2.16. The summed E-state index contributed by atoms with van der Waals surface area (Å²) in [5.74, 6) is 7.65. The van der Waals surface area contributed by atoms with Crippen molar-refractivity contribution in [3.05, 3.63) is 71.4 Å². The van der Waals surface area contributed by atoms with E-state index in [9.17, 15) is 5.11 Å². The van der Waals surface area contributed by atoms with Gasteiger partial charge in [0.15, 0.2) is 5.82 Å². The van der Waals surface area contributed by atoms with Gasteiger partial charge in [-0.05, 0) is 36.5 Å². The molecule has 0 aliphatic carbocycles. The number of fused-ring (bicyclic) bond motifs is 1. The monoisotopic (exact) mass is 485 g/mol. The first kappa shape index (κ1) is 24.8. The molecule has 0 bridgehead atoms. The molecule has 35 heavy (non-hydrogen) atoms. The fourth-order valence-electron chi connectivity index (χ4n) is 3.88. The molecule has 4 aromatic rings. The molecular formula is C28H31N5OS. The maximum absolute atomic E-state index is 10.4. The molecule has 0 aliphatic rings. The summed E-state index contributed by atoms with van der Waals surface area (Å²) in [6.45, 7) is 4.71. The molecule has 0 aliphatic heterocycles. The van der Waals surface area contributed by atoms with Crippen molar-refractivity contribution in [3.63, 3.8) is 0 Å². The summed E-state index contributed by atoms with van der Waals surface area (Å²) >= 11 is 1.55. The summed E-state index contributed by atoms with van der Waals surface area (Å²) in [5.41, 5.74) is 10.1. The van der Waals surface area contributed by atoms with Crippen LogP contribution in [-0.2, 0) is 6.42 Å². The van der Waals surface area contributed by atoms with Crippen LogP contribution >= 0.6 is 11.3 Å². The highest BCUT2D eigenvalue weighted by molar-refractivity contribution is 7.18. The van der Waals surface area contributed by atoms with Gasteiger partial charge in [-0.3, -0.25) is 4.98 Å². The summed E-state index contributed by atoms with van der Waals surface area (Å²) in [7, 11) is 0. The molecule has 6 nitrogen and oxygen atoms in total. The number of nitrogens with one attached hydrogen (secondary N) is 1. The fourth-order valence-corrected chi connectivity index (χ4v) is 4.78. The number of pyridine rings is 1. The average molecular weight is 486 g/mol. The molecular weight excluding hydrogens is 454 g/mol. The Morgan fingerprint density at radius 3 is 2.63 bits per heavy atom. The number of nitrogens with zero attached hydrogens (tertiary/aromatic N) is 3. The minimum Gasteiger partial charge on any atom is -0.380 e. The van der Waals surface area contributed by atoms with E-state index in [1.165, 1.54) is 5.56 Å². The Morgan fingerprint density at radius 2 is 1.89 bits per heavy atom. The summed E-state index contributed by atoms with van der Waals surface area (Å²) in [6, 6.07) is 13.9. The van der Waals surface area contributed by atoms with Crippen molar-refractivity contribution in [2.45, 2.75) is 45.3 Å². The maximum atomic E-state index is 10.4. The van der Waals surface area contributed by atoms with E-state index in [1.807, 2.05) is 42.6 Å². The standard InChI is InChI=1S/C28H31N5OS/c1-3-7-19(2)24(34)11-10-22-18-35-26-25(22)32-27(21-12-14-30-15-13-21)33-28(26)31-17-23(29)16-20-8-5-4-6-9-20/h4-6,8-9,12-15,18-19,23-24,34H,3,7,16-17,29H2,1-2H3,(H,31,32,33)/t19?,23-,24?/m1/s1. The van der Waals surface area contributed by atoms with E-state index in [1.54, 1.807) is 23.7 Å². The lowest BCUT2D eigenvalue weighted by atomic mass is 10.00. The first-order chi connectivity index (χ1) is 17.0. The molecule has 3 atom stereocenters. The lowest BCUT2D eigenvalue weighted by Crippen LogP contribution is -2.31. The first-order valence-corrected chi connectivity index (χ1v) is 12.9. The molecule has 4 N–H and O–H groups in total. The Balaban J connectivity index is 1.63. The largest absolute Gasteiger partial charge is 0.380 e. The minimum atomic E-state index is -0.667. The summed E-state index contributed by atoms with van der Waals surface area (Å²) in [5, 5.41) is 15.9. The van der Waals surface area contributed by atoms with Crippen molar-refractivity contribution in [2.24, 2.45) is 11.7 Å². The number of benzene rings is 1. The van der Waals surface area contributed by atoms with Crippen molar-refractivity contribution in [3.8, 4) is 23.2 Å².